The van der Waals surface area contributed by atoms with Gasteiger partial charge in [0, 0.05) is 10.0 Å². The fraction of sp³-hybridized carbons (Fsp3) is 0.0667. The first-order chi connectivity index (χ1) is 18.5. The summed E-state index contributed by atoms with van der Waals surface area (Å²) in [5.41, 5.74) is 2.48. The molecule has 0 fully saturated rings. The van der Waals surface area contributed by atoms with E-state index in [4.69, 9.17) is 69.6 Å². The number of benzene rings is 4. The van der Waals surface area contributed by atoms with Crippen LogP contribution in [0.3, 0.4) is 0 Å². The molecular formula is C30H20Cl6O2S. The van der Waals surface area contributed by atoms with Crippen molar-refractivity contribution in [1.29, 1.82) is 0 Å². The van der Waals surface area contributed by atoms with Crippen LogP contribution in [-0.2, 0) is 9.84 Å². The number of hydrogen-bond donors (Lipinski definition) is 0. The van der Waals surface area contributed by atoms with E-state index in [1.54, 1.807) is 109 Å². The van der Waals surface area contributed by atoms with Gasteiger partial charge in [-0.1, -0.05) is 130 Å². The monoisotopic (exact) mass is 654 g/mol. The van der Waals surface area contributed by atoms with Gasteiger partial charge in [-0.05, 0) is 70.8 Å². The van der Waals surface area contributed by atoms with Crippen LogP contribution in [0.5, 0.6) is 0 Å². The molecule has 0 spiro atoms. The van der Waals surface area contributed by atoms with E-state index in [1.165, 1.54) is 0 Å². The van der Waals surface area contributed by atoms with Gasteiger partial charge in [0.1, 0.15) is 10.5 Å². The zero-order valence-corrected chi connectivity index (χ0v) is 25.4. The van der Waals surface area contributed by atoms with Crippen LogP contribution in [0, 0.1) is 0 Å². The largest absolute Gasteiger partial charge is 0.227 e. The van der Waals surface area contributed by atoms with Gasteiger partial charge in [-0.25, -0.2) is 8.42 Å². The Morgan fingerprint density at radius 1 is 0.487 bits per heavy atom. The summed E-state index contributed by atoms with van der Waals surface area (Å²) in [6.07, 6.45) is 6.71. The van der Waals surface area contributed by atoms with Gasteiger partial charge in [-0.2, -0.15) is 0 Å². The Morgan fingerprint density at radius 2 is 0.846 bits per heavy atom. The highest BCUT2D eigenvalue weighted by atomic mass is 35.5. The Kier molecular flexibility index (Phi) is 10.1. The van der Waals surface area contributed by atoms with E-state index >= 15 is 0 Å². The fourth-order valence-electron chi connectivity index (χ4n) is 3.90. The van der Waals surface area contributed by atoms with Gasteiger partial charge in [0.05, 0.1) is 20.1 Å². The average molecular weight is 657 g/mol. The average Bonchev–Trinajstić information content (AvgIpc) is 2.90. The lowest BCUT2D eigenvalue weighted by Gasteiger charge is -2.22. The molecule has 0 bridgehead atoms. The van der Waals surface area contributed by atoms with E-state index in [9.17, 15) is 8.42 Å². The second-order valence-corrected chi connectivity index (χ2v) is 13.3. The van der Waals surface area contributed by atoms with Crippen LogP contribution >= 0.6 is 69.6 Å². The van der Waals surface area contributed by atoms with Crippen LogP contribution < -0.4 is 0 Å². The second-order valence-electron chi connectivity index (χ2n) is 8.60. The summed E-state index contributed by atoms with van der Waals surface area (Å²) in [6, 6.07) is 23.7. The van der Waals surface area contributed by atoms with Crippen molar-refractivity contribution < 1.29 is 8.42 Å². The van der Waals surface area contributed by atoms with Crippen LogP contribution in [0.1, 0.15) is 32.8 Å². The molecule has 200 valence electrons. The summed E-state index contributed by atoms with van der Waals surface area (Å²) in [5, 5.41) is 0.119. The molecule has 4 rings (SSSR count). The third kappa shape index (κ3) is 7.62. The summed E-state index contributed by atoms with van der Waals surface area (Å²) in [6.45, 7) is 0. The first kappa shape index (κ1) is 30.0. The molecular weight excluding hydrogens is 637 g/mol. The van der Waals surface area contributed by atoms with Gasteiger partial charge in [0.2, 0.25) is 0 Å². The first-order valence-corrected chi connectivity index (χ1v) is 15.4. The lowest BCUT2D eigenvalue weighted by atomic mass is 10.1. The van der Waals surface area contributed by atoms with Crippen LogP contribution in [0.4, 0.5) is 0 Å². The normalized spacial score (nSPS) is 13.7. The van der Waals surface area contributed by atoms with Gasteiger partial charge in [-0.3, -0.25) is 0 Å². The molecule has 4 aromatic carbocycles. The van der Waals surface area contributed by atoms with Crippen LogP contribution in [0.15, 0.2) is 97.1 Å². The molecule has 0 N–H and O–H groups in total. The number of halogens is 6. The molecule has 0 aliphatic rings. The molecule has 0 radical (unpaired) electrons. The van der Waals surface area contributed by atoms with Crippen molar-refractivity contribution in [3.05, 3.63) is 149 Å². The molecule has 0 aromatic heterocycles. The topological polar surface area (TPSA) is 34.1 Å². The van der Waals surface area contributed by atoms with Gasteiger partial charge in [0.15, 0.2) is 9.84 Å². The van der Waals surface area contributed by atoms with E-state index in [2.05, 4.69) is 0 Å². The van der Waals surface area contributed by atoms with E-state index in [1.807, 2.05) is 0 Å². The minimum absolute atomic E-state index is 0.247. The van der Waals surface area contributed by atoms with Crippen molar-refractivity contribution in [3.8, 4) is 0 Å². The summed E-state index contributed by atoms with van der Waals surface area (Å²) >= 11 is 37.0. The van der Waals surface area contributed by atoms with E-state index in [0.717, 1.165) is 11.1 Å². The van der Waals surface area contributed by atoms with Gasteiger partial charge in [-0.15, -0.1) is 0 Å². The predicted molar refractivity (Wildman–Crippen MR) is 168 cm³/mol. The van der Waals surface area contributed by atoms with Crippen molar-refractivity contribution in [2.24, 2.45) is 0 Å². The Balaban J connectivity index is 1.86. The highest BCUT2D eigenvalue weighted by Crippen LogP contribution is 2.40. The zero-order chi connectivity index (χ0) is 28.2. The first-order valence-electron chi connectivity index (χ1n) is 11.5. The summed E-state index contributed by atoms with van der Waals surface area (Å²) in [7, 11) is -4.01. The molecule has 9 heteroatoms. The van der Waals surface area contributed by atoms with E-state index < -0.39 is 20.3 Å². The molecule has 0 saturated carbocycles. The molecule has 4 aromatic rings. The molecule has 2 atom stereocenters. The van der Waals surface area contributed by atoms with Crippen molar-refractivity contribution in [2.75, 3.05) is 0 Å². The maximum atomic E-state index is 14.5. The van der Waals surface area contributed by atoms with Crippen LogP contribution in [0.2, 0.25) is 30.1 Å². The Bertz CT molecular complexity index is 1510. The maximum Gasteiger partial charge on any atom is 0.171 e. The second kappa shape index (κ2) is 13.1. The minimum Gasteiger partial charge on any atom is -0.227 e. The SMILES string of the molecule is O=S(=O)(C(C=Cc1ccc(Cl)cc1)c1ccc(Cl)c(Cl)c1)C(C=Cc1ccc(Cl)cc1)c1ccc(Cl)c(Cl)c1. The molecule has 2 unspecified atom stereocenters. The smallest absolute Gasteiger partial charge is 0.171 e. The van der Waals surface area contributed by atoms with Crippen LogP contribution in [-0.4, -0.2) is 8.42 Å². The Hall–Kier alpha value is -1.95. The van der Waals surface area contributed by atoms with Crippen LogP contribution in [0.25, 0.3) is 12.2 Å². The van der Waals surface area contributed by atoms with Crippen molar-refractivity contribution in [3.63, 3.8) is 0 Å². The minimum atomic E-state index is -4.01. The Labute approximate surface area is 258 Å². The fourth-order valence-corrected chi connectivity index (χ4v) is 6.73. The van der Waals surface area contributed by atoms with E-state index in [-0.39, 0.29) is 10.0 Å². The summed E-state index contributed by atoms with van der Waals surface area (Å²) in [5.74, 6) is 0. The molecule has 0 aliphatic heterocycles. The summed E-state index contributed by atoms with van der Waals surface area (Å²) < 4.78 is 29.0. The molecule has 0 saturated heterocycles. The lowest BCUT2D eigenvalue weighted by molar-refractivity contribution is 0.584. The van der Waals surface area contributed by atoms with E-state index in [0.29, 0.717) is 31.2 Å². The molecule has 0 aliphatic carbocycles. The number of rotatable bonds is 8. The van der Waals surface area contributed by atoms with Gasteiger partial charge < -0.3 is 0 Å². The highest BCUT2D eigenvalue weighted by molar-refractivity contribution is 7.92. The number of sulfone groups is 1. The molecule has 0 amide bonds. The van der Waals surface area contributed by atoms with Gasteiger partial charge >= 0.3 is 0 Å². The van der Waals surface area contributed by atoms with Crippen molar-refractivity contribution in [1.82, 2.24) is 0 Å². The molecule has 0 heterocycles. The predicted octanol–water partition coefficient (Wildman–Crippen LogP) is 11.2. The maximum absolute atomic E-state index is 14.5. The molecule has 2 nitrogen and oxygen atoms in total. The quantitative estimate of drug-likeness (QED) is 0.189. The standard InChI is InChI=1S/C30H20Cl6O2S/c31-23-9-1-19(2-10-23)5-15-29(21-7-13-25(33)27(35)17-21)39(37,38)30(22-8-14-26(34)28(36)18-22)16-6-20-3-11-24(32)12-4-20/h1-18,29-30H. The number of hydrogen-bond acceptors (Lipinski definition) is 2. The third-order valence-electron chi connectivity index (χ3n) is 5.92. The summed E-state index contributed by atoms with van der Waals surface area (Å²) in [4.78, 5) is 0. The zero-order valence-electron chi connectivity index (χ0n) is 20.0. The van der Waals surface area contributed by atoms with Crippen molar-refractivity contribution in [2.45, 2.75) is 10.5 Å². The lowest BCUT2D eigenvalue weighted by Crippen LogP contribution is -2.19. The highest BCUT2D eigenvalue weighted by Gasteiger charge is 2.34. The third-order valence-corrected chi connectivity index (χ3v) is 10.2. The molecule has 39 heavy (non-hydrogen) atoms. The van der Waals surface area contributed by atoms with Gasteiger partial charge in [0.25, 0.3) is 0 Å². The Morgan fingerprint density at radius 3 is 1.18 bits per heavy atom. The van der Waals surface area contributed by atoms with Crippen molar-refractivity contribution >= 4 is 91.6 Å².